The van der Waals surface area contributed by atoms with Crippen molar-refractivity contribution in [3.63, 3.8) is 0 Å². The maximum absolute atomic E-state index is 10.7. The maximum atomic E-state index is 10.7. The summed E-state index contributed by atoms with van der Waals surface area (Å²) in [5.74, 6) is -0.635. The topological polar surface area (TPSA) is 58.2 Å². The molecule has 1 saturated carbocycles. The molecule has 0 aromatic heterocycles. The summed E-state index contributed by atoms with van der Waals surface area (Å²) in [6.07, 6.45) is 0. The lowest BCUT2D eigenvalue weighted by atomic mass is 9.83. The molecule has 0 aromatic rings. The van der Waals surface area contributed by atoms with Crippen molar-refractivity contribution in [2.45, 2.75) is 12.1 Å². The summed E-state index contributed by atoms with van der Waals surface area (Å²) in [4.78, 5) is 21.4. The predicted molar refractivity (Wildman–Crippen MR) is 35.7 cm³/mol. The molecule has 4 nitrogen and oxygen atoms in total. The standard InChI is InChI=1S/C6H10N2O2/c1-7-3-4(8-2)6(10)5(3)9/h3-4,7-8H,1-2H3. The van der Waals surface area contributed by atoms with Gasteiger partial charge in [0.1, 0.15) is 0 Å². The normalized spacial score (nSPS) is 32.2. The van der Waals surface area contributed by atoms with Gasteiger partial charge in [-0.3, -0.25) is 9.59 Å². The molecule has 2 unspecified atom stereocenters. The zero-order chi connectivity index (χ0) is 7.72. The van der Waals surface area contributed by atoms with Gasteiger partial charge < -0.3 is 10.6 Å². The molecule has 2 atom stereocenters. The quantitative estimate of drug-likeness (QED) is 0.452. The van der Waals surface area contributed by atoms with E-state index in [4.69, 9.17) is 0 Å². The minimum atomic E-state index is -0.318. The van der Waals surface area contributed by atoms with E-state index < -0.39 is 0 Å². The summed E-state index contributed by atoms with van der Waals surface area (Å²) >= 11 is 0. The number of rotatable bonds is 2. The number of nitrogens with one attached hydrogen (secondary N) is 2. The molecule has 1 fully saturated rings. The molecule has 0 bridgehead atoms. The minimum Gasteiger partial charge on any atom is -0.308 e. The van der Waals surface area contributed by atoms with Crippen LogP contribution in [0, 0.1) is 0 Å². The Kier molecular flexibility index (Phi) is 1.82. The van der Waals surface area contributed by atoms with Crippen LogP contribution in [0.5, 0.6) is 0 Å². The Hall–Kier alpha value is -0.740. The first-order valence-corrected chi connectivity index (χ1v) is 3.15. The number of likely N-dealkylation sites (N-methyl/N-ethyl adjacent to an activating group) is 2. The van der Waals surface area contributed by atoms with Gasteiger partial charge in [-0.15, -0.1) is 0 Å². The molecule has 0 aliphatic heterocycles. The van der Waals surface area contributed by atoms with Crippen LogP contribution in [-0.2, 0) is 9.59 Å². The van der Waals surface area contributed by atoms with Crippen molar-refractivity contribution in [2.75, 3.05) is 14.1 Å². The molecule has 0 spiro atoms. The molecular formula is C6H10N2O2. The van der Waals surface area contributed by atoms with Gasteiger partial charge in [-0.1, -0.05) is 0 Å². The SMILES string of the molecule is CNC1C(=O)C(=O)C1NC. The van der Waals surface area contributed by atoms with E-state index in [1.165, 1.54) is 0 Å². The van der Waals surface area contributed by atoms with Crippen molar-refractivity contribution < 1.29 is 9.59 Å². The van der Waals surface area contributed by atoms with E-state index in [0.717, 1.165) is 0 Å². The fourth-order valence-electron chi connectivity index (χ4n) is 1.11. The third kappa shape index (κ3) is 0.767. The van der Waals surface area contributed by atoms with Crippen LogP contribution in [0.1, 0.15) is 0 Å². The van der Waals surface area contributed by atoms with E-state index in [0.29, 0.717) is 0 Å². The Labute approximate surface area is 59.0 Å². The number of hydrogen-bond acceptors (Lipinski definition) is 4. The molecule has 4 heteroatoms. The van der Waals surface area contributed by atoms with Crippen molar-refractivity contribution in [3.05, 3.63) is 0 Å². The second-order valence-corrected chi connectivity index (χ2v) is 2.26. The smallest absolute Gasteiger partial charge is 0.219 e. The van der Waals surface area contributed by atoms with Gasteiger partial charge in [0, 0.05) is 0 Å². The fraction of sp³-hybridized carbons (Fsp3) is 0.667. The maximum Gasteiger partial charge on any atom is 0.219 e. The summed E-state index contributed by atoms with van der Waals surface area (Å²) in [5, 5.41) is 5.50. The molecule has 1 rings (SSSR count). The van der Waals surface area contributed by atoms with Gasteiger partial charge in [0.2, 0.25) is 11.6 Å². The van der Waals surface area contributed by atoms with Crippen LogP contribution in [0.15, 0.2) is 0 Å². The lowest BCUT2D eigenvalue weighted by Crippen LogP contribution is -2.68. The molecule has 10 heavy (non-hydrogen) atoms. The molecule has 0 radical (unpaired) electrons. The van der Waals surface area contributed by atoms with Crippen molar-refractivity contribution in [1.29, 1.82) is 0 Å². The van der Waals surface area contributed by atoms with E-state index in [1.807, 2.05) is 0 Å². The Morgan fingerprint density at radius 3 is 1.50 bits per heavy atom. The highest BCUT2D eigenvalue weighted by atomic mass is 16.2. The fourth-order valence-corrected chi connectivity index (χ4v) is 1.11. The third-order valence-corrected chi connectivity index (χ3v) is 1.76. The van der Waals surface area contributed by atoms with Crippen LogP contribution in [0.2, 0.25) is 0 Å². The second-order valence-electron chi connectivity index (χ2n) is 2.26. The summed E-state index contributed by atoms with van der Waals surface area (Å²) in [6, 6.07) is -0.616. The molecule has 56 valence electrons. The molecule has 1 aliphatic carbocycles. The molecule has 0 heterocycles. The van der Waals surface area contributed by atoms with Crippen LogP contribution in [0.3, 0.4) is 0 Å². The first kappa shape index (κ1) is 7.37. The molecule has 2 N–H and O–H groups in total. The average molecular weight is 142 g/mol. The zero-order valence-corrected chi connectivity index (χ0v) is 5.97. The summed E-state index contributed by atoms with van der Waals surface area (Å²) in [7, 11) is 3.33. The molecule has 0 aromatic carbocycles. The van der Waals surface area contributed by atoms with Gasteiger partial charge >= 0.3 is 0 Å². The van der Waals surface area contributed by atoms with E-state index in [9.17, 15) is 9.59 Å². The molecule has 0 amide bonds. The van der Waals surface area contributed by atoms with Gasteiger partial charge in [0.05, 0.1) is 12.1 Å². The van der Waals surface area contributed by atoms with Crippen molar-refractivity contribution in [2.24, 2.45) is 0 Å². The van der Waals surface area contributed by atoms with Crippen molar-refractivity contribution in [1.82, 2.24) is 10.6 Å². The number of carbonyl (C=O) groups excluding carboxylic acids is 2. The summed E-state index contributed by atoms with van der Waals surface area (Å²) < 4.78 is 0. The first-order chi connectivity index (χ1) is 4.72. The summed E-state index contributed by atoms with van der Waals surface area (Å²) in [6.45, 7) is 0. The Morgan fingerprint density at radius 2 is 1.30 bits per heavy atom. The number of hydrogen-bond donors (Lipinski definition) is 2. The van der Waals surface area contributed by atoms with E-state index >= 15 is 0 Å². The van der Waals surface area contributed by atoms with Gasteiger partial charge in [-0.25, -0.2) is 0 Å². The number of carbonyl (C=O) groups is 2. The first-order valence-electron chi connectivity index (χ1n) is 3.15. The van der Waals surface area contributed by atoms with Crippen molar-refractivity contribution >= 4 is 11.6 Å². The highest BCUT2D eigenvalue weighted by Crippen LogP contribution is 2.09. The monoisotopic (exact) mass is 142 g/mol. The van der Waals surface area contributed by atoms with Crippen LogP contribution >= 0.6 is 0 Å². The van der Waals surface area contributed by atoms with Gasteiger partial charge in [-0.2, -0.15) is 0 Å². The Balaban J connectivity index is 2.60. The highest BCUT2D eigenvalue weighted by Gasteiger charge is 2.47. The highest BCUT2D eigenvalue weighted by molar-refractivity contribution is 6.48. The van der Waals surface area contributed by atoms with Crippen molar-refractivity contribution in [3.8, 4) is 0 Å². The lowest BCUT2D eigenvalue weighted by Gasteiger charge is -2.31. The van der Waals surface area contributed by atoms with Crippen LogP contribution < -0.4 is 10.6 Å². The van der Waals surface area contributed by atoms with Gasteiger partial charge in [0.15, 0.2) is 0 Å². The van der Waals surface area contributed by atoms with E-state index in [1.54, 1.807) is 14.1 Å². The largest absolute Gasteiger partial charge is 0.308 e. The number of Topliss-reactive ketones (excluding diaryl/α,β-unsaturated/α-hetero) is 2. The lowest BCUT2D eigenvalue weighted by molar-refractivity contribution is -0.147. The molecule has 0 saturated heterocycles. The molecular weight excluding hydrogens is 132 g/mol. The number of ketones is 2. The van der Waals surface area contributed by atoms with Crippen LogP contribution in [0.25, 0.3) is 0 Å². The minimum absolute atomic E-state index is 0.308. The van der Waals surface area contributed by atoms with Crippen LogP contribution in [0.4, 0.5) is 0 Å². The van der Waals surface area contributed by atoms with E-state index in [2.05, 4.69) is 10.6 Å². The average Bonchev–Trinajstić information content (AvgIpc) is 1.97. The van der Waals surface area contributed by atoms with Crippen LogP contribution in [-0.4, -0.2) is 37.7 Å². The third-order valence-electron chi connectivity index (χ3n) is 1.76. The van der Waals surface area contributed by atoms with Gasteiger partial charge in [-0.05, 0) is 14.1 Å². The molecule has 1 aliphatic rings. The Bertz CT molecular complexity index is 159. The Morgan fingerprint density at radius 1 is 1.00 bits per heavy atom. The zero-order valence-electron chi connectivity index (χ0n) is 5.97. The van der Waals surface area contributed by atoms with Gasteiger partial charge in [0.25, 0.3) is 0 Å². The predicted octanol–water partition coefficient (Wildman–Crippen LogP) is -1.69. The summed E-state index contributed by atoms with van der Waals surface area (Å²) in [5.41, 5.74) is 0. The van der Waals surface area contributed by atoms with E-state index in [-0.39, 0.29) is 23.7 Å². The second kappa shape index (κ2) is 2.48.